The molecule has 0 saturated carbocycles. The topological polar surface area (TPSA) is 34.8 Å². The van der Waals surface area contributed by atoms with Crippen molar-refractivity contribution >= 4 is 60.5 Å². The van der Waals surface area contributed by atoms with Crippen molar-refractivity contribution in [3.05, 3.63) is 188 Å². The summed E-state index contributed by atoms with van der Waals surface area (Å²) in [4.78, 5) is 2.30. The number of rotatable bonds is 5. The van der Waals surface area contributed by atoms with E-state index in [1.54, 1.807) is 0 Å². The minimum absolute atomic E-state index is 0.691. The van der Waals surface area contributed by atoms with Crippen molar-refractivity contribution in [3.8, 4) is 45.3 Å². The summed E-state index contributed by atoms with van der Waals surface area (Å²) in [7, 11) is 0. The molecule has 9 aromatic carbocycles. The maximum absolute atomic E-state index is 6.52. The van der Waals surface area contributed by atoms with E-state index in [4.69, 9.17) is 13.9 Å². The lowest BCUT2D eigenvalue weighted by molar-refractivity contribution is 0.439. The molecule has 0 saturated heterocycles. The number of hydrogen-bond acceptors (Lipinski definition) is 4. The summed E-state index contributed by atoms with van der Waals surface area (Å²) < 4.78 is 19.3. The molecule has 10 aromatic rings. The largest absolute Gasteiger partial charge is 0.456 e. The lowest BCUT2D eigenvalue weighted by Crippen LogP contribution is -2.09. The summed E-state index contributed by atoms with van der Waals surface area (Å²) in [5, 5.41) is 6.58. The van der Waals surface area contributed by atoms with Crippen LogP contribution in [-0.2, 0) is 0 Å². The lowest BCUT2D eigenvalue weighted by Gasteiger charge is -2.26. The number of nitrogens with zero attached hydrogens (tertiary/aromatic N) is 1. The van der Waals surface area contributed by atoms with Gasteiger partial charge in [0.1, 0.15) is 22.7 Å². The van der Waals surface area contributed by atoms with Crippen LogP contribution in [0.1, 0.15) is 0 Å². The van der Waals surface area contributed by atoms with Gasteiger partial charge in [0.2, 0.25) is 0 Å². The van der Waals surface area contributed by atoms with Crippen LogP contribution in [0.2, 0.25) is 0 Å². The molecule has 0 N–H and O–H groups in total. The van der Waals surface area contributed by atoms with Crippen LogP contribution in [-0.4, -0.2) is 0 Å². The molecule has 0 atom stereocenters. The number of ether oxygens (including phenoxy) is 2. The van der Waals surface area contributed by atoms with Crippen molar-refractivity contribution in [3.63, 3.8) is 0 Å². The van der Waals surface area contributed by atoms with Gasteiger partial charge in [-0.3, -0.25) is 0 Å². The van der Waals surface area contributed by atoms with Crippen molar-refractivity contribution in [1.29, 1.82) is 0 Å². The van der Waals surface area contributed by atoms with Gasteiger partial charge in [0, 0.05) is 33.9 Å². The number of benzene rings is 9. The van der Waals surface area contributed by atoms with E-state index in [2.05, 4.69) is 144 Å². The third-order valence-electron chi connectivity index (χ3n) is 10.5. The summed E-state index contributed by atoms with van der Waals surface area (Å²) in [6.45, 7) is 0. The molecule has 0 unspecified atom stereocenters. The summed E-state index contributed by atoms with van der Waals surface area (Å²) in [6, 6.07) is 65.7. The van der Waals surface area contributed by atoms with Crippen molar-refractivity contribution in [2.75, 3.05) is 4.90 Å². The van der Waals surface area contributed by atoms with Gasteiger partial charge in [-0.1, -0.05) is 109 Å². The average Bonchev–Trinajstić information content (AvgIpc) is 3.51. The molecule has 0 spiro atoms. The van der Waals surface area contributed by atoms with Crippen LogP contribution in [0, 0.1) is 0 Å². The van der Waals surface area contributed by atoms with E-state index in [0.29, 0.717) is 11.5 Å². The first-order valence-electron chi connectivity index (χ1n) is 18.1. The van der Waals surface area contributed by atoms with Gasteiger partial charge < -0.3 is 18.8 Å². The summed E-state index contributed by atoms with van der Waals surface area (Å²) in [6.07, 6.45) is 0. The van der Waals surface area contributed by atoms with Crippen LogP contribution in [0.4, 0.5) is 17.1 Å². The first-order chi connectivity index (χ1) is 26.7. The summed E-state index contributed by atoms with van der Waals surface area (Å²) in [5.74, 6) is 2.98. The summed E-state index contributed by atoms with van der Waals surface area (Å²) in [5.41, 5.74) is 9.37. The van der Waals surface area contributed by atoms with Crippen LogP contribution >= 0.6 is 0 Å². The van der Waals surface area contributed by atoms with Crippen molar-refractivity contribution in [1.82, 2.24) is 0 Å². The van der Waals surface area contributed by atoms with Gasteiger partial charge in [-0.25, -0.2) is 0 Å². The van der Waals surface area contributed by atoms with Crippen LogP contribution in [0.5, 0.6) is 23.0 Å². The Morgan fingerprint density at radius 3 is 1.80 bits per heavy atom. The molecule has 4 heteroatoms. The highest BCUT2D eigenvalue weighted by atomic mass is 16.5. The zero-order chi connectivity index (χ0) is 35.6. The van der Waals surface area contributed by atoms with Crippen LogP contribution in [0.25, 0.3) is 65.7 Å². The van der Waals surface area contributed by atoms with Gasteiger partial charge in [0.15, 0.2) is 11.5 Å². The summed E-state index contributed by atoms with van der Waals surface area (Å²) >= 11 is 0. The van der Waals surface area contributed by atoms with Gasteiger partial charge in [-0.15, -0.1) is 0 Å². The maximum Gasteiger partial charge on any atom is 0.170 e. The van der Waals surface area contributed by atoms with Crippen LogP contribution in [0.15, 0.2) is 192 Å². The zero-order valence-corrected chi connectivity index (χ0v) is 29.1. The van der Waals surface area contributed by atoms with Crippen LogP contribution in [0.3, 0.4) is 0 Å². The molecule has 1 aliphatic rings. The number of fused-ring (bicyclic) bond motifs is 5. The Morgan fingerprint density at radius 1 is 0.315 bits per heavy atom. The minimum Gasteiger partial charge on any atom is -0.456 e. The fourth-order valence-electron chi connectivity index (χ4n) is 7.82. The first kappa shape index (κ1) is 30.3. The number of hydrogen-bond donors (Lipinski definition) is 0. The Kier molecular flexibility index (Phi) is 6.82. The van der Waals surface area contributed by atoms with E-state index in [9.17, 15) is 0 Å². The predicted octanol–water partition coefficient (Wildman–Crippen LogP) is 14.6. The zero-order valence-electron chi connectivity index (χ0n) is 29.1. The van der Waals surface area contributed by atoms with E-state index in [1.807, 2.05) is 48.5 Å². The normalized spacial score (nSPS) is 12.0. The van der Waals surface area contributed by atoms with E-state index in [1.165, 1.54) is 11.1 Å². The maximum atomic E-state index is 6.52. The fourth-order valence-corrected chi connectivity index (χ4v) is 7.82. The molecular weight excluding hydrogens is 663 g/mol. The molecule has 1 aliphatic heterocycles. The third-order valence-corrected chi connectivity index (χ3v) is 10.5. The quantitative estimate of drug-likeness (QED) is 0.180. The monoisotopic (exact) mass is 693 g/mol. The minimum atomic E-state index is 0.691. The molecule has 54 heavy (non-hydrogen) atoms. The molecule has 4 nitrogen and oxygen atoms in total. The van der Waals surface area contributed by atoms with Gasteiger partial charge in [-0.05, 0) is 111 Å². The smallest absolute Gasteiger partial charge is 0.170 e. The highest BCUT2D eigenvalue weighted by molar-refractivity contribution is 6.06. The Hall–Kier alpha value is -7.30. The van der Waals surface area contributed by atoms with Gasteiger partial charge >= 0.3 is 0 Å². The molecule has 0 amide bonds. The highest BCUT2D eigenvalue weighted by Gasteiger charge is 2.20. The third kappa shape index (κ3) is 5.07. The number of para-hydroxylation sites is 1. The number of furan rings is 1. The first-order valence-corrected chi connectivity index (χ1v) is 18.1. The number of anilines is 3. The van der Waals surface area contributed by atoms with Crippen LogP contribution < -0.4 is 14.4 Å². The molecule has 254 valence electrons. The Bertz CT molecular complexity index is 3050. The van der Waals surface area contributed by atoms with Gasteiger partial charge in [0.25, 0.3) is 0 Å². The average molecular weight is 694 g/mol. The second-order valence-electron chi connectivity index (χ2n) is 13.7. The van der Waals surface area contributed by atoms with E-state index >= 15 is 0 Å². The van der Waals surface area contributed by atoms with E-state index in [-0.39, 0.29) is 0 Å². The Morgan fingerprint density at radius 2 is 0.944 bits per heavy atom. The Labute approximate surface area is 311 Å². The molecular formula is C50H31NO3. The molecule has 0 fully saturated rings. The lowest BCUT2D eigenvalue weighted by atomic mass is 10.00. The van der Waals surface area contributed by atoms with Gasteiger partial charge in [-0.2, -0.15) is 0 Å². The van der Waals surface area contributed by atoms with E-state index < -0.39 is 0 Å². The van der Waals surface area contributed by atoms with Crippen molar-refractivity contribution in [2.45, 2.75) is 0 Å². The molecule has 2 heterocycles. The molecule has 1 aromatic heterocycles. The molecule has 0 aliphatic carbocycles. The highest BCUT2D eigenvalue weighted by Crippen LogP contribution is 2.47. The Balaban J connectivity index is 1.01. The second-order valence-corrected chi connectivity index (χ2v) is 13.7. The predicted molar refractivity (Wildman–Crippen MR) is 221 cm³/mol. The van der Waals surface area contributed by atoms with Crippen molar-refractivity contribution < 1.29 is 13.9 Å². The SMILES string of the molecule is c1ccc(-c2ccc(N(c3ccc4ccc(-c5ccc6c(c5)Oc5cccc7cccc(c57)O6)cc4c3)c3ccc4c(c3)oc3ccccc34)cc2)cc1. The molecule has 0 bridgehead atoms. The molecule has 0 radical (unpaired) electrons. The van der Waals surface area contributed by atoms with Crippen molar-refractivity contribution in [2.24, 2.45) is 0 Å². The fraction of sp³-hybridized carbons (Fsp3) is 0. The standard InChI is InChI=1S/C50H31NO3/c1-2-8-32(9-3-1)33-18-22-39(23-19-33)51(41-25-26-43-42-12-4-5-13-44(42)52-48(43)31-41)40-24-20-34-16-17-36(28-38(34)29-40)37-21-27-45-49(30-37)54-47-15-7-11-35-10-6-14-46(53-45)50(35)47/h1-31H. The van der Waals surface area contributed by atoms with Gasteiger partial charge in [0.05, 0.1) is 5.39 Å². The van der Waals surface area contributed by atoms with E-state index in [0.717, 1.165) is 83.2 Å². The molecule has 11 rings (SSSR count). The second kappa shape index (κ2) is 12.1.